The summed E-state index contributed by atoms with van der Waals surface area (Å²) in [6.07, 6.45) is 1.85. The normalized spacial score (nSPS) is 10.4. The Morgan fingerprint density at radius 2 is 2.42 bits per heavy atom. The highest BCUT2D eigenvalue weighted by Crippen LogP contribution is 2.12. The third-order valence-corrected chi connectivity index (χ3v) is 2.08. The molecule has 2 rings (SSSR count). The van der Waals surface area contributed by atoms with E-state index in [0.717, 1.165) is 11.5 Å². The maximum absolute atomic E-state index is 4.98. The van der Waals surface area contributed by atoms with E-state index in [1.807, 2.05) is 29.9 Å². The van der Waals surface area contributed by atoms with E-state index in [1.54, 1.807) is 0 Å². The molecule has 0 amide bonds. The second kappa shape index (κ2) is 2.60. The number of nitrogens with one attached hydrogen (secondary N) is 2. The van der Waals surface area contributed by atoms with Crippen LogP contribution in [-0.4, -0.2) is 19.7 Å². The molecule has 4 nitrogen and oxygen atoms in total. The van der Waals surface area contributed by atoms with E-state index in [4.69, 9.17) is 12.2 Å². The van der Waals surface area contributed by atoms with Gasteiger partial charge in [0, 0.05) is 13.2 Å². The van der Waals surface area contributed by atoms with E-state index >= 15 is 0 Å². The zero-order valence-corrected chi connectivity index (χ0v) is 7.35. The van der Waals surface area contributed by atoms with Gasteiger partial charge in [0.25, 0.3) is 0 Å². The largest absolute Gasteiger partial charge is 0.359 e. The fourth-order valence-electron chi connectivity index (χ4n) is 1.06. The SMILES string of the molecule is Cn1c(-c2ccc[nH]2)n[nH]c1=S. The lowest BCUT2D eigenvalue weighted by Gasteiger charge is -1.94. The highest BCUT2D eigenvalue weighted by molar-refractivity contribution is 7.71. The molecule has 0 aliphatic rings. The summed E-state index contributed by atoms with van der Waals surface area (Å²) in [7, 11) is 1.88. The van der Waals surface area contributed by atoms with Gasteiger partial charge in [-0.3, -0.25) is 5.10 Å². The molecule has 2 aromatic heterocycles. The van der Waals surface area contributed by atoms with Crippen molar-refractivity contribution in [2.75, 3.05) is 0 Å². The highest BCUT2D eigenvalue weighted by atomic mass is 32.1. The van der Waals surface area contributed by atoms with Crippen LogP contribution in [-0.2, 0) is 7.05 Å². The Morgan fingerprint density at radius 1 is 1.58 bits per heavy atom. The van der Waals surface area contributed by atoms with Gasteiger partial charge < -0.3 is 9.55 Å². The molecule has 0 atom stereocenters. The first-order chi connectivity index (χ1) is 5.79. The zero-order chi connectivity index (χ0) is 8.55. The maximum Gasteiger partial charge on any atom is 0.195 e. The number of aromatic nitrogens is 4. The van der Waals surface area contributed by atoms with E-state index in [0.29, 0.717) is 4.77 Å². The van der Waals surface area contributed by atoms with Gasteiger partial charge in [0.15, 0.2) is 10.6 Å². The minimum atomic E-state index is 0.625. The first kappa shape index (κ1) is 7.30. The first-order valence-electron chi connectivity index (χ1n) is 3.54. The molecule has 0 bridgehead atoms. The summed E-state index contributed by atoms with van der Waals surface area (Å²) in [6, 6.07) is 3.87. The molecule has 0 radical (unpaired) electrons. The molecule has 0 aliphatic carbocycles. The van der Waals surface area contributed by atoms with E-state index < -0.39 is 0 Å². The van der Waals surface area contributed by atoms with Gasteiger partial charge in [-0.2, -0.15) is 5.10 Å². The minimum Gasteiger partial charge on any atom is -0.359 e. The number of hydrogen-bond acceptors (Lipinski definition) is 2. The summed E-state index contributed by atoms with van der Waals surface area (Å²) in [5, 5.41) is 6.79. The van der Waals surface area contributed by atoms with Gasteiger partial charge in [-0.1, -0.05) is 0 Å². The average Bonchev–Trinajstić information content (AvgIpc) is 2.64. The van der Waals surface area contributed by atoms with Crippen LogP contribution in [0.3, 0.4) is 0 Å². The molecule has 0 aromatic carbocycles. The number of aromatic amines is 2. The van der Waals surface area contributed by atoms with Crippen LogP contribution in [0.5, 0.6) is 0 Å². The van der Waals surface area contributed by atoms with Crippen LogP contribution in [0.2, 0.25) is 0 Å². The summed E-state index contributed by atoms with van der Waals surface area (Å²) < 4.78 is 2.45. The molecule has 0 spiro atoms. The molecule has 12 heavy (non-hydrogen) atoms. The second-order valence-corrected chi connectivity index (χ2v) is 2.88. The van der Waals surface area contributed by atoms with E-state index in [1.165, 1.54) is 0 Å². The molecule has 0 saturated carbocycles. The summed E-state index contributed by atoms with van der Waals surface area (Å²) in [4.78, 5) is 3.06. The van der Waals surface area contributed by atoms with E-state index in [2.05, 4.69) is 15.2 Å². The van der Waals surface area contributed by atoms with Crippen molar-refractivity contribution in [3.63, 3.8) is 0 Å². The van der Waals surface area contributed by atoms with Gasteiger partial charge in [-0.05, 0) is 24.4 Å². The molecule has 2 aromatic rings. The monoisotopic (exact) mass is 180 g/mol. The third-order valence-electron chi connectivity index (χ3n) is 1.72. The standard InChI is InChI=1S/C7H8N4S/c1-11-6(9-10-7(11)12)5-3-2-4-8-5/h2-4,8H,1H3,(H,10,12). The molecule has 0 saturated heterocycles. The van der Waals surface area contributed by atoms with Gasteiger partial charge in [-0.25, -0.2) is 0 Å². The lowest BCUT2D eigenvalue weighted by atomic mass is 10.4. The molecular weight excluding hydrogens is 172 g/mol. The Bertz CT molecular complexity index is 422. The molecule has 62 valence electrons. The Labute approximate surface area is 74.2 Å². The summed E-state index contributed by atoms with van der Waals surface area (Å²) >= 11 is 4.98. The number of hydrogen-bond donors (Lipinski definition) is 2. The van der Waals surface area contributed by atoms with Crippen molar-refractivity contribution in [2.24, 2.45) is 7.05 Å². The predicted octanol–water partition coefficient (Wildman–Crippen LogP) is 1.47. The summed E-state index contributed by atoms with van der Waals surface area (Å²) in [5.41, 5.74) is 0.963. The van der Waals surface area contributed by atoms with Crippen LogP contribution >= 0.6 is 12.2 Å². The van der Waals surface area contributed by atoms with Gasteiger partial charge >= 0.3 is 0 Å². The van der Waals surface area contributed by atoms with Crippen molar-refractivity contribution in [3.8, 4) is 11.5 Å². The first-order valence-corrected chi connectivity index (χ1v) is 3.95. The lowest BCUT2D eigenvalue weighted by Crippen LogP contribution is -1.91. The highest BCUT2D eigenvalue weighted by Gasteiger charge is 2.04. The fourth-order valence-corrected chi connectivity index (χ4v) is 1.19. The Morgan fingerprint density at radius 3 is 2.92 bits per heavy atom. The molecule has 0 unspecified atom stereocenters. The molecule has 2 heterocycles. The lowest BCUT2D eigenvalue weighted by molar-refractivity contribution is 0.898. The van der Waals surface area contributed by atoms with Crippen LogP contribution in [0.15, 0.2) is 18.3 Å². The Hall–Kier alpha value is -1.36. The molecular formula is C7H8N4S. The molecule has 0 aliphatic heterocycles. The van der Waals surface area contributed by atoms with Crippen LogP contribution in [0, 0.1) is 4.77 Å². The topological polar surface area (TPSA) is 49.4 Å². The van der Waals surface area contributed by atoms with E-state index in [-0.39, 0.29) is 0 Å². The summed E-state index contributed by atoms with van der Waals surface area (Å²) in [6.45, 7) is 0. The fraction of sp³-hybridized carbons (Fsp3) is 0.143. The predicted molar refractivity (Wildman–Crippen MR) is 48.2 cm³/mol. The second-order valence-electron chi connectivity index (χ2n) is 2.50. The van der Waals surface area contributed by atoms with E-state index in [9.17, 15) is 0 Å². The zero-order valence-electron chi connectivity index (χ0n) is 6.53. The van der Waals surface area contributed by atoms with Crippen LogP contribution in [0.1, 0.15) is 0 Å². The van der Waals surface area contributed by atoms with Crippen LogP contribution in [0.4, 0.5) is 0 Å². The van der Waals surface area contributed by atoms with Gasteiger partial charge in [0.2, 0.25) is 0 Å². The van der Waals surface area contributed by atoms with Gasteiger partial charge in [0.05, 0.1) is 5.69 Å². The smallest absolute Gasteiger partial charge is 0.195 e. The van der Waals surface area contributed by atoms with Crippen LogP contribution < -0.4 is 0 Å². The Balaban J connectivity index is 2.62. The van der Waals surface area contributed by atoms with Gasteiger partial charge in [0.1, 0.15) is 0 Å². The van der Waals surface area contributed by atoms with Crippen molar-refractivity contribution in [1.82, 2.24) is 19.7 Å². The quantitative estimate of drug-likeness (QED) is 0.653. The minimum absolute atomic E-state index is 0.625. The third kappa shape index (κ3) is 0.984. The number of H-pyrrole nitrogens is 2. The average molecular weight is 180 g/mol. The Kier molecular flexibility index (Phi) is 1.58. The maximum atomic E-state index is 4.98. The van der Waals surface area contributed by atoms with Crippen molar-refractivity contribution in [3.05, 3.63) is 23.1 Å². The van der Waals surface area contributed by atoms with Crippen molar-refractivity contribution in [2.45, 2.75) is 0 Å². The van der Waals surface area contributed by atoms with Crippen molar-refractivity contribution >= 4 is 12.2 Å². The molecule has 0 fully saturated rings. The molecule has 5 heteroatoms. The van der Waals surface area contributed by atoms with Crippen molar-refractivity contribution < 1.29 is 0 Å². The summed E-state index contributed by atoms with van der Waals surface area (Å²) in [5.74, 6) is 0.824. The molecule has 2 N–H and O–H groups in total. The van der Waals surface area contributed by atoms with Crippen molar-refractivity contribution in [1.29, 1.82) is 0 Å². The van der Waals surface area contributed by atoms with Gasteiger partial charge in [-0.15, -0.1) is 0 Å². The number of nitrogens with zero attached hydrogens (tertiary/aromatic N) is 2. The van der Waals surface area contributed by atoms with Crippen LogP contribution in [0.25, 0.3) is 11.5 Å². The number of rotatable bonds is 1.